The number of para-hydroxylation sites is 1. The zero-order chi connectivity index (χ0) is 27.4. The Kier molecular flexibility index (Phi) is 7.62. The largest absolute Gasteiger partial charge is 0.490 e. The molecule has 0 saturated heterocycles. The molecular weight excluding hydrogens is 514 g/mol. The first-order valence-electron chi connectivity index (χ1n) is 11.6. The van der Waals surface area contributed by atoms with Crippen molar-refractivity contribution in [2.24, 2.45) is 0 Å². The van der Waals surface area contributed by atoms with Crippen LogP contribution >= 0.6 is 0 Å². The van der Waals surface area contributed by atoms with Gasteiger partial charge in [-0.3, -0.25) is 19.2 Å². The number of fused-ring (bicyclic) bond motifs is 1. The number of ether oxygens (including phenoxy) is 2. The quantitative estimate of drug-likeness (QED) is 0.258. The number of hydrogen-bond donors (Lipinski definition) is 1. The van der Waals surface area contributed by atoms with E-state index in [1.807, 2.05) is 12.1 Å². The lowest BCUT2D eigenvalue weighted by atomic mass is 10.0. The highest BCUT2D eigenvalue weighted by molar-refractivity contribution is 7.92. The summed E-state index contributed by atoms with van der Waals surface area (Å²) in [5, 5.41) is 13.7. The van der Waals surface area contributed by atoms with E-state index in [-0.39, 0.29) is 27.6 Å². The number of sulfonamides is 1. The zero-order valence-electron chi connectivity index (χ0n) is 20.7. The highest BCUT2D eigenvalue weighted by atomic mass is 32.2. The minimum atomic E-state index is -3.83. The number of nitro groups is 1. The average molecular weight is 540 g/mol. The lowest BCUT2D eigenvalue weighted by Crippen LogP contribution is -2.35. The predicted octanol–water partition coefficient (Wildman–Crippen LogP) is 3.85. The van der Waals surface area contributed by atoms with Crippen LogP contribution in [0.3, 0.4) is 0 Å². The van der Waals surface area contributed by atoms with Crippen LogP contribution in [0.4, 0.5) is 17.1 Å². The fourth-order valence-electron chi connectivity index (χ4n) is 4.15. The van der Waals surface area contributed by atoms with E-state index >= 15 is 0 Å². The molecule has 38 heavy (non-hydrogen) atoms. The maximum Gasteiger partial charge on any atom is 0.338 e. The van der Waals surface area contributed by atoms with Crippen molar-refractivity contribution < 1.29 is 32.4 Å². The normalized spacial score (nSPS) is 12.8. The first kappa shape index (κ1) is 26.6. The van der Waals surface area contributed by atoms with Crippen molar-refractivity contribution in [1.82, 2.24) is 0 Å². The fourth-order valence-corrected chi connectivity index (χ4v) is 5.69. The van der Waals surface area contributed by atoms with Crippen molar-refractivity contribution in [1.29, 1.82) is 0 Å². The third-order valence-electron chi connectivity index (χ3n) is 6.08. The molecule has 1 N–H and O–H groups in total. The summed E-state index contributed by atoms with van der Waals surface area (Å²) in [7, 11) is -2.56. The minimum absolute atomic E-state index is 0.0315. The Balaban J connectivity index is 1.40. The molecule has 1 aliphatic heterocycles. The van der Waals surface area contributed by atoms with Crippen molar-refractivity contribution in [3.63, 3.8) is 0 Å². The van der Waals surface area contributed by atoms with Crippen molar-refractivity contribution in [3.8, 4) is 5.75 Å². The van der Waals surface area contributed by atoms with E-state index < -0.39 is 33.4 Å². The van der Waals surface area contributed by atoms with Crippen LogP contribution in [0.25, 0.3) is 0 Å². The van der Waals surface area contributed by atoms with E-state index in [1.165, 1.54) is 47.8 Å². The molecule has 0 unspecified atom stereocenters. The third-order valence-corrected chi connectivity index (χ3v) is 7.90. The molecule has 11 nitrogen and oxygen atoms in total. The number of nitro benzene ring substituents is 1. The second-order valence-corrected chi connectivity index (χ2v) is 10.4. The monoisotopic (exact) mass is 539 g/mol. The van der Waals surface area contributed by atoms with Crippen LogP contribution in [0.1, 0.15) is 27.9 Å². The first-order chi connectivity index (χ1) is 18.1. The Morgan fingerprint density at radius 3 is 2.50 bits per heavy atom. The molecule has 12 heteroatoms. The molecular formula is C26H25N3O8S. The van der Waals surface area contributed by atoms with E-state index in [1.54, 1.807) is 19.1 Å². The molecule has 1 aliphatic rings. The SMILES string of the molecule is COc1cc(NC(=O)COC(=O)c2ccc(S(=O)(=O)N3CCCc4ccccc43)cc2)c(C)cc1[N+](=O)[O-]. The summed E-state index contributed by atoms with van der Waals surface area (Å²) >= 11 is 0. The van der Waals surface area contributed by atoms with E-state index in [4.69, 9.17) is 9.47 Å². The van der Waals surface area contributed by atoms with Gasteiger partial charge in [-0.25, -0.2) is 13.2 Å². The van der Waals surface area contributed by atoms with E-state index in [9.17, 15) is 28.1 Å². The molecule has 0 aromatic heterocycles. The molecule has 4 rings (SSSR count). The maximum atomic E-state index is 13.3. The molecule has 1 amide bonds. The number of anilines is 2. The number of carbonyl (C=O) groups excluding carboxylic acids is 2. The van der Waals surface area contributed by atoms with Gasteiger partial charge >= 0.3 is 11.7 Å². The summed E-state index contributed by atoms with van der Waals surface area (Å²) in [6.07, 6.45) is 1.51. The van der Waals surface area contributed by atoms with Gasteiger partial charge in [0.05, 0.1) is 28.2 Å². The number of aryl methyl sites for hydroxylation is 2. The molecule has 3 aromatic rings. The van der Waals surface area contributed by atoms with Gasteiger partial charge in [0.15, 0.2) is 12.4 Å². The Bertz CT molecular complexity index is 1500. The molecule has 0 radical (unpaired) electrons. The van der Waals surface area contributed by atoms with Crippen molar-refractivity contribution >= 4 is 39.0 Å². The van der Waals surface area contributed by atoms with E-state index in [0.29, 0.717) is 24.2 Å². The Morgan fingerprint density at radius 1 is 1.11 bits per heavy atom. The second-order valence-electron chi connectivity index (χ2n) is 8.55. The highest BCUT2D eigenvalue weighted by Gasteiger charge is 2.29. The minimum Gasteiger partial charge on any atom is -0.490 e. The number of nitrogens with zero attached hydrogens (tertiary/aromatic N) is 2. The molecule has 1 heterocycles. The zero-order valence-corrected chi connectivity index (χ0v) is 21.5. The van der Waals surface area contributed by atoms with Gasteiger partial charge in [-0.05, 0) is 61.2 Å². The van der Waals surface area contributed by atoms with Crippen LogP contribution in [-0.2, 0) is 26.0 Å². The fraction of sp³-hybridized carbons (Fsp3) is 0.231. The van der Waals surface area contributed by atoms with Gasteiger partial charge in [0.2, 0.25) is 0 Å². The molecule has 0 aliphatic carbocycles. The second kappa shape index (κ2) is 10.9. The Labute approximate surface area is 219 Å². The van der Waals surface area contributed by atoms with Gasteiger partial charge in [-0.15, -0.1) is 0 Å². The number of esters is 1. The highest BCUT2D eigenvalue weighted by Crippen LogP contribution is 2.33. The standard InChI is InChI=1S/C26H25N3O8S/c1-17-14-23(29(32)33)24(36-2)15-21(17)27-25(30)16-37-26(31)19-9-11-20(12-10-19)38(34,35)28-13-5-7-18-6-3-4-8-22(18)28/h3-4,6,8-12,14-15H,5,7,13,16H2,1-2H3,(H,27,30). The summed E-state index contributed by atoms with van der Waals surface area (Å²) < 4.78 is 38.0. The van der Waals surface area contributed by atoms with Crippen LogP contribution in [0.15, 0.2) is 65.6 Å². The maximum absolute atomic E-state index is 13.3. The topological polar surface area (TPSA) is 145 Å². The van der Waals surface area contributed by atoms with Gasteiger partial charge in [0, 0.05) is 24.4 Å². The molecule has 0 fully saturated rings. The number of rotatable bonds is 8. The van der Waals surface area contributed by atoms with Gasteiger partial charge in [0.1, 0.15) is 0 Å². The molecule has 0 spiro atoms. The van der Waals surface area contributed by atoms with Crippen molar-refractivity contribution in [2.75, 3.05) is 29.9 Å². The van der Waals surface area contributed by atoms with E-state index in [0.717, 1.165) is 12.0 Å². The number of nitrogens with one attached hydrogen (secondary N) is 1. The van der Waals surface area contributed by atoms with Gasteiger partial charge in [-0.2, -0.15) is 0 Å². The number of benzene rings is 3. The summed E-state index contributed by atoms with van der Waals surface area (Å²) in [4.78, 5) is 35.4. The predicted molar refractivity (Wildman–Crippen MR) is 139 cm³/mol. The van der Waals surface area contributed by atoms with Crippen LogP contribution in [0.5, 0.6) is 5.75 Å². The molecule has 0 bridgehead atoms. The van der Waals surface area contributed by atoms with Crippen LogP contribution in [0, 0.1) is 17.0 Å². The molecule has 3 aromatic carbocycles. The van der Waals surface area contributed by atoms with Crippen LogP contribution < -0.4 is 14.4 Å². The van der Waals surface area contributed by atoms with Gasteiger partial charge in [0.25, 0.3) is 15.9 Å². The van der Waals surface area contributed by atoms with Crippen LogP contribution in [0.2, 0.25) is 0 Å². The lowest BCUT2D eigenvalue weighted by Gasteiger charge is -2.30. The molecule has 198 valence electrons. The molecule has 0 saturated carbocycles. The summed E-state index contributed by atoms with van der Waals surface area (Å²) in [6, 6.07) is 15.2. The summed E-state index contributed by atoms with van der Waals surface area (Å²) in [5.41, 5.74) is 2.12. The number of amides is 1. The average Bonchev–Trinajstić information content (AvgIpc) is 2.92. The van der Waals surface area contributed by atoms with Gasteiger partial charge < -0.3 is 14.8 Å². The van der Waals surface area contributed by atoms with Gasteiger partial charge in [-0.1, -0.05) is 18.2 Å². The number of carbonyl (C=O) groups is 2. The number of hydrogen-bond acceptors (Lipinski definition) is 8. The van der Waals surface area contributed by atoms with E-state index in [2.05, 4.69) is 5.32 Å². The Hall–Kier alpha value is -4.45. The molecule has 0 atom stereocenters. The summed E-state index contributed by atoms with van der Waals surface area (Å²) in [5.74, 6) is -1.51. The number of methoxy groups -OCH3 is 1. The summed E-state index contributed by atoms with van der Waals surface area (Å²) in [6.45, 7) is 1.31. The first-order valence-corrected chi connectivity index (χ1v) is 13.1. The van der Waals surface area contributed by atoms with Crippen LogP contribution in [-0.4, -0.2) is 45.5 Å². The lowest BCUT2D eigenvalue weighted by molar-refractivity contribution is -0.385. The van der Waals surface area contributed by atoms with Crippen molar-refractivity contribution in [2.45, 2.75) is 24.7 Å². The Morgan fingerprint density at radius 2 is 1.82 bits per heavy atom. The smallest absolute Gasteiger partial charge is 0.338 e. The van der Waals surface area contributed by atoms with Crippen molar-refractivity contribution in [3.05, 3.63) is 87.5 Å². The third kappa shape index (κ3) is 5.44.